The van der Waals surface area contributed by atoms with Crippen LogP contribution < -0.4 is 15.8 Å². The number of hydrogen-bond donors (Lipinski definition) is 3. The van der Waals surface area contributed by atoms with Crippen LogP contribution in [0, 0.1) is 0 Å². The van der Waals surface area contributed by atoms with E-state index < -0.39 is 16.0 Å². The monoisotopic (exact) mass is 301 g/mol. The molecule has 0 atom stereocenters. The molecule has 0 bridgehead atoms. The molecule has 4 N–H and O–H groups in total. The van der Waals surface area contributed by atoms with Crippen LogP contribution >= 0.6 is 0 Å². The van der Waals surface area contributed by atoms with Gasteiger partial charge in [0.2, 0.25) is 10.0 Å². The van der Waals surface area contributed by atoms with Crippen molar-refractivity contribution in [2.24, 2.45) is 0 Å². The molecule has 1 aromatic rings. The number of ether oxygens (including phenoxy) is 1. The molecule has 1 rings (SSSR count). The first-order valence-electron chi connectivity index (χ1n) is 6.00. The van der Waals surface area contributed by atoms with Crippen molar-refractivity contribution in [3.8, 4) is 0 Å². The second kappa shape index (κ2) is 7.11. The lowest BCUT2D eigenvalue weighted by Crippen LogP contribution is -2.24. The molecule has 0 radical (unpaired) electrons. The molecule has 112 valence electrons. The quantitative estimate of drug-likeness (QED) is 0.382. The number of rotatable bonds is 7. The highest BCUT2D eigenvalue weighted by atomic mass is 32.2. The van der Waals surface area contributed by atoms with Crippen LogP contribution in [0.3, 0.4) is 0 Å². The van der Waals surface area contributed by atoms with Crippen LogP contribution in [0.4, 0.5) is 11.4 Å². The maximum Gasteiger partial charge on any atom is 0.340 e. The Bertz CT molecular complexity index is 572. The van der Waals surface area contributed by atoms with Crippen LogP contribution in [-0.4, -0.2) is 40.8 Å². The number of nitrogens with two attached hydrogens (primary N) is 1. The van der Waals surface area contributed by atoms with Crippen molar-refractivity contribution in [3.63, 3.8) is 0 Å². The van der Waals surface area contributed by atoms with Gasteiger partial charge in [-0.3, -0.25) is 0 Å². The fourth-order valence-electron chi connectivity index (χ4n) is 1.53. The Balaban J connectivity index is 2.51. The molecule has 1 aromatic carbocycles. The van der Waals surface area contributed by atoms with Crippen LogP contribution in [-0.2, 0) is 14.8 Å². The van der Waals surface area contributed by atoms with E-state index in [2.05, 4.69) is 14.8 Å². The Kier molecular flexibility index (Phi) is 5.78. The minimum Gasteiger partial charge on any atom is -0.465 e. The van der Waals surface area contributed by atoms with Crippen LogP contribution in [0.25, 0.3) is 0 Å². The van der Waals surface area contributed by atoms with Gasteiger partial charge in [-0.1, -0.05) is 0 Å². The maximum atomic E-state index is 11.5. The lowest BCUT2D eigenvalue weighted by Gasteiger charge is -2.09. The molecule has 0 amide bonds. The van der Waals surface area contributed by atoms with Crippen molar-refractivity contribution in [2.45, 2.75) is 6.42 Å². The molecule has 0 aliphatic heterocycles. The summed E-state index contributed by atoms with van der Waals surface area (Å²) in [4.78, 5) is 11.5. The number of carbonyl (C=O) groups is 1. The zero-order chi connectivity index (χ0) is 15.2. The summed E-state index contributed by atoms with van der Waals surface area (Å²) < 4.78 is 28.7. The fraction of sp³-hybridized carbons (Fsp3) is 0.417. The zero-order valence-electron chi connectivity index (χ0n) is 11.5. The van der Waals surface area contributed by atoms with Gasteiger partial charge >= 0.3 is 5.97 Å². The standard InChI is InChI=1S/C12H19N3O4S/c1-19-12(16)10-8-9(4-5-11(10)13)14-6-3-7-15-20(2,17)18/h4-5,8,14-15H,3,6-7,13H2,1-2H3. The van der Waals surface area contributed by atoms with E-state index in [0.29, 0.717) is 30.8 Å². The van der Waals surface area contributed by atoms with Crippen molar-refractivity contribution in [3.05, 3.63) is 23.8 Å². The lowest BCUT2D eigenvalue weighted by molar-refractivity contribution is 0.0602. The minimum absolute atomic E-state index is 0.298. The molecule has 0 heterocycles. The number of carbonyl (C=O) groups excluding carboxylic acids is 1. The predicted molar refractivity (Wildman–Crippen MR) is 78.1 cm³/mol. The second-order valence-electron chi connectivity index (χ2n) is 4.24. The molecule has 8 heteroatoms. The predicted octanol–water partition coefficient (Wildman–Crippen LogP) is 0.407. The molecule has 0 saturated carbocycles. The van der Waals surface area contributed by atoms with Gasteiger partial charge in [0.1, 0.15) is 0 Å². The highest BCUT2D eigenvalue weighted by Crippen LogP contribution is 2.18. The minimum atomic E-state index is -3.15. The number of anilines is 2. The first kappa shape index (κ1) is 16.3. The smallest absolute Gasteiger partial charge is 0.340 e. The van der Waals surface area contributed by atoms with E-state index in [0.717, 1.165) is 11.9 Å². The first-order valence-corrected chi connectivity index (χ1v) is 7.89. The number of esters is 1. The summed E-state index contributed by atoms with van der Waals surface area (Å²) in [6.45, 7) is 0.914. The molecular formula is C12H19N3O4S. The average molecular weight is 301 g/mol. The van der Waals surface area contributed by atoms with Crippen molar-refractivity contribution in [1.29, 1.82) is 0 Å². The molecule has 0 fully saturated rings. The third kappa shape index (κ3) is 5.45. The van der Waals surface area contributed by atoms with E-state index in [1.165, 1.54) is 7.11 Å². The Hall–Kier alpha value is -1.80. The molecule has 0 aliphatic carbocycles. The van der Waals surface area contributed by atoms with Gasteiger partial charge in [0.05, 0.1) is 18.9 Å². The zero-order valence-corrected chi connectivity index (χ0v) is 12.3. The van der Waals surface area contributed by atoms with E-state index in [1.54, 1.807) is 18.2 Å². The topological polar surface area (TPSA) is 111 Å². The molecule has 7 nitrogen and oxygen atoms in total. The number of methoxy groups -OCH3 is 1. The van der Waals surface area contributed by atoms with Crippen molar-refractivity contribution in [2.75, 3.05) is 37.5 Å². The molecule has 0 aliphatic rings. The second-order valence-corrected chi connectivity index (χ2v) is 6.07. The van der Waals surface area contributed by atoms with E-state index in [4.69, 9.17) is 5.73 Å². The highest BCUT2D eigenvalue weighted by Gasteiger charge is 2.10. The Morgan fingerprint density at radius 2 is 2.05 bits per heavy atom. The van der Waals surface area contributed by atoms with Gasteiger partial charge < -0.3 is 15.8 Å². The molecular weight excluding hydrogens is 282 g/mol. The Labute approximate surface area is 118 Å². The van der Waals surface area contributed by atoms with Crippen molar-refractivity contribution < 1.29 is 17.9 Å². The number of hydrogen-bond acceptors (Lipinski definition) is 6. The Morgan fingerprint density at radius 1 is 1.35 bits per heavy atom. The normalized spacial score (nSPS) is 11.1. The van der Waals surface area contributed by atoms with E-state index in [-0.39, 0.29) is 0 Å². The van der Waals surface area contributed by atoms with Gasteiger partial charge in [0, 0.05) is 24.5 Å². The summed E-state index contributed by atoms with van der Waals surface area (Å²) in [5.41, 5.74) is 7.05. The summed E-state index contributed by atoms with van der Waals surface area (Å²) >= 11 is 0. The number of benzene rings is 1. The number of nitrogens with one attached hydrogen (secondary N) is 2. The van der Waals surface area contributed by atoms with Crippen LogP contribution in [0.5, 0.6) is 0 Å². The fourth-order valence-corrected chi connectivity index (χ4v) is 2.05. The number of sulfonamides is 1. The van der Waals surface area contributed by atoms with Crippen LogP contribution in [0.1, 0.15) is 16.8 Å². The van der Waals surface area contributed by atoms with Gasteiger partial charge in [0.15, 0.2) is 0 Å². The van der Waals surface area contributed by atoms with Crippen molar-refractivity contribution in [1.82, 2.24) is 4.72 Å². The van der Waals surface area contributed by atoms with E-state index >= 15 is 0 Å². The molecule has 0 unspecified atom stereocenters. The SMILES string of the molecule is COC(=O)c1cc(NCCCNS(C)(=O)=O)ccc1N. The summed E-state index contributed by atoms with van der Waals surface area (Å²) in [5.74, 6) is -0.495. The van der Waals surface area contributed by atoms with E-state index in [1.807, 2.05) is 0 Å². The number of nitrogen functional groups attached to an aromatic ring is 1. The molecule has 0 aromatic heterocycles. The highest BCUT2D eigenvalue weighted by molar-refractivity contribution is 7.88. The third-order valence-corrected chi connectivity index (χ3v) is 3.23. The summed E-state index contributed by atoms with van der Waals surface area (Å²) in [6, 6.07) is 4.96. The van der Waals surface area contributed by atoms with Crippen molar-refractivity contribution >= 4 is 27.4 Å². The van der Waals surface area contributed by atoms with Gasteiger partial charge in [-0.05, 0) is 24.6 Å². The van der Waals surface area contributed by atoms with E-state index in [9.17, 15) is 13.2 Å². The van der Waals surface area contributed by atoms with Gasteiger partial charge in [-0.25, -0.2) is 17.9 Å². The summed E-state index contributed by atoms with van der Waals surface area (Å²) in [6.07, 6.45) is 1.73. The summed E-state index contributed by atoms with van der Waals surface area (Å²) in [7, 11) is -1.86. The molecule has 0 saturated heterocycles. The molecule has 0 spiro atoms. The molecule has 20 heavy (non-hydrogen) atoms. The van der Waals surface area contributed by atoms with Gasteiger partial charge in [-0.2, -0.15) is 0 Å². The van der Waals surface area contributed by atoms with Gasteiger partial charge in [-0.15, -0.1) is 0 Å². The third-order valence-electron chi connectivity index (χ3n) is 2.51. The average Bonchev–Trinajstić information content (AvgIpc) is 2.38. The Morgan fingerprint density at radius 3 is 2.65 bits per heavy atom. The van der Waals surface area contributed by atoms with Crippen LogP contribution in [0.15, 0.2) is 18.2 Å². The van der Waals surface area contributed by atoms with Crippen LogP contribution in [0.2, 0.25) is 0 Å². The maximum absolute atomic E-state index is 11.5. The largest absolute Gasteiger partial charge is 0.465 e. The summed E-state index contributed by atoms with van der Waals surface area (Å²) in [5, 5.41) is 3.08. The lowest BCUT2D eigenvalue weighted by atomic mass is 10.1. The first-order chi connectivity index (χ1) is 9.33. The van der Waals surface area contributed by atoms with Gasteiger partial charge in [0.25, 0.3) is 0 Å².